The SMILES string of the molecule is COc1ccc(OC)c(NC2=C(c3ccccc3)C(=O)N(c3ccc(C)c(Cl)c3)C2=O)c1. The predicted octanol–water partition coefficient (Wildman–Crippen LogP) is 5.06. The van der Waals surface area contributed by atoms with Crippen molar-refractivity contribution < 1.29 is 19.1 Å². The van der Waals surface area contributed by atoms with Crippen LogP contribution in [-0.2, 0) is 9.59 Å². The summed E-state index contributed by atoms with van der Waals surface area (Å²) in [5, 5.41) is 3.59. The van der Waals surface area contributed by atoms with Crippen molar-refractivity contribution in [3.05, 3.63) is 88.6 Å². The van der Waals surface area contributed by atoms with Gasteiger partial charge >= 0.3 is 0 Å². The second-order valence-electron chi connectivity index (χ2n) is 7.19. The van der Waals surface area contributed by atoms with Gasteiger partial charge in [0.2, 0.25) is 0 Å². The summed E-state index contributed by atoms with van der Waals surface area (Å²) in [5.74, 6) is 0.154. The zero-order valence-electron chi connectivity index (χ0n) is 17.8. The molecule has 0 aromatic heterocycles. The molecule has 1 N–H and O–H groups in total. The van der Waals surface area contributed by atoms with E-state index in [9.17, 15) is 9.59 Å². The third-order valence-corrected chi connectivity index (χ3v) is 5.63. The van der Waals surface area contributed by atoms with Gasteiger partial charge in [0.1, 0.15) is 17.2 Å². The number of hydrogen-bond donors (Lipinski definition) is 1. The van der Waals surface area contributed by atoms with E-state index in [1.165, 1.54) is 7.11 Å². The van der Waals surface area contributed by atoms with Gasteiger partial charge in [-0.1, -0.05) is 48.0 Å². The summed E-state index contributed by atoms with van der Waals surface area (Å²) < 4.78 is 10.7. The van der Waals surface area contributed by atoms with Crippen LogP contribution < -0.4 is 19.7 Å². The van der Waals surface area contributed by atoms with Crippen LogP contribution in [0.25, 0.3) is 5.57 Å². The Morgan fingerprint density at radius 2 is 1.62 bits per heavy atom. The average Bonchev–Trinajstić information content (AvgIpc) is 3.05. The Bertz CT molecular complexity index is 1240. The fourth-order valence-corrected chi connectivity index (χ4v) is 3.69. The first-order valence-corrected chi connectivity index (χ1v) is 10.3. The minimum atomic E-state index is -0.487. The molecule has 0 saturated heterocycles. The van der Waals surface area contributed by atoms with E-state index in [0.29, 0.717) is 33.5 Å². The topological polar surface area (TPSA) is 67.9 Å². The molecule has 7 heteroatoms. The van der Waals surface area contributed by atoms with Crippen molar-refractivity contribution in [2.45, 2.75) is 6.92 Å². The van der Waals surface area contributed by atoms with Crippen LogP contribution in [-0.4, -0.2) is 26.0 Å². The molecule has 0 radical (unpaired) electrons. The van der Waals surface area contributed by atoms with E-state index in [4.69, 9.17) is 21.1 Å². The maximum absolute atomic E-state index is 13.5. The van der Waals surface area contributed by atoms with Crippen LogP contribution in [0.1, 0.15) is 11.1 Å². The fourth-order valence-electron chi connectivity index (χ4n) is 3.52. The number of nitrogens with zero attached hydrogens (tertiary/aromatic N) is 1. The number of imide groups is 1. The zero-order chi connectivity index (χ0) is 22.8. The summed E-state index contributed by atoms with van der Waals surface area (Å²) >= 11 is 6.27. The van der Waals surface area contributed by atoms with Crippen molar-refractivity contribution in [2.24, 2.45) is 0 Å². The highest BCUT2D eigenvalue weighted by molar-refractivity contribution is 6.46. The molecule has 4 rings (SSSR count). The minimum absolute atomic E-state index is 0.143. The molecule has 1 aliphatic heterocycles. The van der Waals surface area contributed by atoms with E-state index in [2.05, 4.69) is 5.32 Å². The van der Waals surface area contributed by atoms with Crippen molar-refractivity contribution in [1.29, 1.82) is 0 Å². The summed E-state index contributed by atoms with van der Waals surface area (Å²) in [6.45, 7) is 1.86. The number of amides is 2. The zero-order valence-corrected chi connectivity index (χ0v) is 18.6. The normalized spacial score (nSPS) is 13.6. The number of carbonyl (C=O) groups is 2. The second kappa shape index (κ2) is 8.77. The van der Waals surface area contributed by atoms with Gasteiger partial charge in [0.25, 0.3) is 11.8 Å². The van der Waals surface area contributed by atoms with Gasteiger partial charge < -0.3 is 14.8 Å². The Kier molecular flexibility index (Phi) is 5.88. The molecule has 32 heavy (non-hydrogen) atoms. The van der Waals surface area contributed by atoms with Gasteiger partial charge in [-0.05, 0) is 42.3 Å². The quantitative estimate of drug-likeness (QED) is 0.534. The lowest BCUT2D eigenvalue weighted by Gasteiger charge is -2.17. The molecule has 3 aromatic carbocycles. The van der Waals surface area contributed by atoms with E-state index in [0.717, 1.165) is 10.5 Å². The Balaban J connectivity index is 1.84. The van der Waals surface area contributed by atoms with E-state index < -0.39 is 11.8 Å². The molecule has 0 bridgehead atoms. The highest BCUT2D eigenvalue weighted by Gasteiger charge is 2.40. The number of aryl methyl sites for hydroxylation is 1. The van der Waals surface area contributed by atoms with E-state index in [-0.39, 0.29) is 11.3 Å². The molecule has 0 aliphatic carbocycles. The van der Waals surface area contributed by atoms with Crippen LogP contribution in [0.4, 0.5) is 11.4 Å². The van der Waals surface area contributed by atoms with Gasteiger partial charge in [-0.25, -0.2) is 4.90 Å². The first-order chi connectivity index (χ1) is 15.4. The molecule has 0 atom stereocenters. The molecule has 6 nitrogen and oxygen atoms in total. The molecule has 3 aromatic rings. The minimum Gasteiger partial charge on any atom is -0.497 e. The lowest BCUT2D eigenvalue weighted by molar-refractivity contribution is -0.120. The molecule has 162 valence electrons. The Morgan fingerprint density at radius 3 is 2.28 bits per heavy atom. The fraction of sp³-hybridized carbons (Fsp3) is 0.120. The smallest absolute Gasteiger partial charge is 0.282 e. The second-order valence-corrected chi connectivity index (χ2v) is 7.59. The van der Waals surface area contributed by atoms with Crippen LogP contribution >= 0.6 is 11.6 Å². The highest BCUT2D eigenvalue weighted by Crippen LogP contribution is 2.37. The number of rotatable bonds is 6. The van der Waals surface area contributed by atoms with Gasteiger partial charge in [0, 0.05) is 11.1 Å². The molecule has 1 aliphatic rings. The molecule has 0 spiro atoms. The third kappa shape index (κ3) is 3.81. The number of nitrogens with one attached hydrogen (secondary N) is 1. The predicted molar refractivity (Wildman–Crippen MR) is 125 cm³/mol. The highest BCUT2D eigenvalue weighted by atomic mass is 35.5. The molecule has 0 fully saturated rings. The van der Waals surface area contributed by atoms with Crippen LogP contribution in [0.15, 0.2) is 72.4 Å². The number of halogens is 1. The number of methoxy groups -OCH3 is 2. The van der Waals surface area contributed by atoms with Crippen LogP contribution in [0, 0.1) is 6.92 Å². The van der Waals surface area contributed by atoms with Crippen molar-refractivity contribution in [1.82, 2.24) is 0 Å². The number of ether oxygens (including phenoxy) is 2. The maximum Gasteiger partial charge on any atom is 0.282 e. The Labute approximate surface area is 191 Å². The lowest BCUT2D eigenvalue weighted by atomic mass is 10.0. The van der Waals surface area contributed by atoms with Gasteiger partial charge in [0.15, 0.2) is 0 Å². The lowest BCUT2D eigenvalue weighted by Crippen LogP contribution is -2.32. The standard InChI is InChI=1S/C25H21ClN2O4/c1-15-9-10-17(13-19(15)26)28-24(29)22(16-7-5-4-6-8-16)23(25(28)30)27-20-14-18(31-2)11-12-21(20)32-3/h4-14,27H,1-3H3. The Hall–Kier alpha value is -3.77. The van der Waals surface area contributed by atoms with Crippen molar-refractivity contribution in [3.8, 4) is 11.5 Å². The number of hydrogen-bond acceptors (Lipinski definition) is 5. The van der Waals surface area contributed by atoms with Crippen molar-refractivity contribution in [2.75, 3.05) is 24.4 Å². The van der Waals surface area contributed by atoms with Crippen LogP contribution in [0.2, 0.25) is 5.02 Å². The van der Waals surface area contributed by atoms with Crippen molar-refractivity contribution >= 4 is 40.4 Å². The Morgan fingerprint density at radius 1 is 0.875 bits per heavy atom. The number of anilines is 2. The van der Waals surface area contributed by atoms with E-state index >= 15 is 0 Å². The average molecular weight is 449 g/mol. The van der Waals surface area contributed by atoms with Gasteiger partial charge in [-0.3, -0.25) is 9.59 Å². The van der Waals surface area contributed by atoms with E-state index in [1.807, 2.05) is 25.1 Å². The molecular formula is C25H21ClN2O4. The number of carbonyl (C=O) groups excluding carboxylic acids is 2. The summed E-state index contributed by atoms with van der Waals surface area (Å²) in [7, 11) is 3.08. The number of benzene rings is 3. The summed E-state index contributed by atoms with van der Waals surface area (Å²) in [5.41, 5.74) is 2.78. The molecule has 0 unspecified atom stereocenters. The molecule has 1 heterocycles. The first-order valence-electron chi connectivity index (χ1n) is 9.88. The summed E-state index contributed by atoms with van der Waals surface area (Å²) in [6.07, 6.45) is 0. The van der Waals surface area contributed by atoms with Gasteiger partial charge in [-0.2, -0.15) is 0 Å². The molecule has 0 saturated carbocycles. The maximum atomic E-state index is 13.5. The van der Waals surface area contributed by atoms with Gasteiger partial charge in [-0.15, -0.1) is 0 Å². The summed E-state index contributed by atoms with van der Waals surface area (Å²) in [6, 6.07) is 19.3. The van der Waals surface area contributed by atoms with Gasteiger partial charge in [0.05, 0.1) is 31.2 Å². The third-order valence-electron chi connectivity index (χ3n) is 5.23. The van der Waals surface area contributed by atoms with Crippen LogP contribution in [0.3, 0.4) is 0 Å². The monoisotopic (exact) mass is 448 g/mol. The first kappa shape index (κ1) is 21.5. The largest absolute Gasteiger partial charge is 0.497 e. The summed E-state index contributed by atoms with van der Waals surface area (Å²) in [4.78, 5) is 28.2. The molecule has 2 amide bonds. The van der Waals surface area contributed by atoms with Crippen LogP contribution in [0.5, 0.6) is 11.5 Å². The molecular weight excluding hydrogens is 428 g/mol. The van der Waals surface area contributed by atoms with Crippen molar-refractivity contribution in [3.63, 3.8) is 0 Å². The van der Waals surface area contributed by atoms with E-state index in [1.54, 1.807) is 55.6 Å².